The summed E-state index contributed by atoms with van der Waals surface area (Å²) in [7, 11) is 0. The van der Waals surface area contributed by atoms with Crippen LogP contribution in [0.3, 0.4) is 0 Å². The van der Waals surface area contributed by atoms with Crippen molar-refractivity contribution in [3.8, 4) is 22.6 Å². The first-order chi connectivity index (χ1) is 24.2. The molecule has 0 saturated carbocycles. The second kappa shape index (κ2) is 15.8. The first-order valence-electron chi connectivity index (χ1n) is 16.7. The van der Waals surface area contributed by atoms with Gasteiger partial charge in [0.15, 0.2) is 0 Å². The van der Waals surface area contributed by atoms with Gasteiger partial charge in [0.2, 0.25) is 11.9 Å². The summed E-state index contributed by atoms with van der Waals surface area (Å²) in [5.74, 6) is 0.124. The fourth-order valence-electron chi connectivity index (χ4n) is 4.33. The molecule has 4 amide bonds. The molecular weight excluding hydrogens is 684 g/mol. The van der Waals surface area contributed by atoms with E-state index in [0.29, 0.717) is 22.6 Å². The fourth-order valence-corrected chi connectivity index (χ4v) is 4.33. The molecule has 15 heteroatoms. The molecule has 0 spiro atoms. The second-order valence-corrected chi connectivity index (χ2v) is 15.8. The minimum atomic E-state index is -0.966. The summed E-state index contributed by atoms with van der Waals surface area (Å²) in [6.07, 6.45) is -3.62. The standard InChI is InChI=1S/C38H50N6O9/c1-35(2,3)50-31(45)41-29(39)43(33(47)52-37(7,8)9)25-17-13-23(14-18-25)27-21-22-28(49-27)24-15-19-26(20-16-24)44(34(48)53-38(10,11)12)30(40)42-32(46)51-36(4,5)6/h13-22H,1-12H3,(H2,39,41,45)(H2,40,42,46). The van der Waals surface area contributed by atoms with Crippen molar-refractivity contribution in [3.05, 3.63) is 60.7 Å². The largest absolute Gasteiger partial charge is 0.456 e. The van der Waals surface area contributed by atoms with Crippen LogP contribution in [0.1, 0.15) is 83.1 Å². The van der Waals surface area contributed by atoms with Crippen LogP contribution in [0.2, 0.25) is 0 Å². The Hall–Kier alpha value is -5.86. The van der Waals surface area contributed by atoms with Crippen molar-refractivity contribution >= 4 is 47.7 Å². The first kappa shape index (κ1) is 41.6. The third kappa shape index (κ3) is 13.0. The zero-order valence-corrected chi connectivity index (χ0v) is 32.4. The van der Waals surface area contributed by atoms with Crippen molar-refractivity contribution < 1.29 is 42.5 Å². The van der Waals surface area contributed by atoms with Gasteiger partial charge in [-0.3, -0.25) is 0 Å². The predicted octanol–water partition coefficient (Wildman–Crippen LogP) is 8.60. The van der Waals surface area contributed by atoms with Gasteiger partial charge < -0.3 is 34.8 Å². The summed E-state index contributed by atoms with van der Waals surface area (Å²) in [5, 5.41) is 0. The molecule has 0 bridgehead atoms. The van der Waals surface area contributed by atoms with Crippen molar-refractivity contribution in [3.63, 3.8) is 0 Å². The highest BCUT2D eigenvalue weighted by Crippen LogP contribution is 2.32. The number of carbonyl (C=O) groups excluding carboxylic acids is 4. The lowest BCUT2D eigenvalue weighted by Crippen LogP contribution is -2.45. The molecular formula is C38H50N6O9. The second-order valence-electron chi connectivity index (χ2n) is 15.8. The van der Waals surface area contributed by atoms with Crippen LogP contribution in [0.5, 0.6) is 0 Å². The molecule has 0 aliphatic heterocycles. The maximum absolute atomic E-state index is 13.2. The van der Waals surface area contributed by atoms with Crippen molar-refractivity contribution in [1.82, 2.24) is 0 Å². The van der Waals surface area contributed by atoms with Gasteiger partial charge >= 0.3 is 24.4 Å². The molecule has 0 unspecified atom stereocenters. The van der Waals surface area contributed by atoms with E-state index in [1.807, 2.05) is 0 Å². The molecule has 3 rings (SSSR count). The number of anilines is 2. The highest BCUT2D eigenvalue weighted by Gasteiger charge is 2.29. The van der Waals surface area contributed by atoms with E-state index in [-0.39, 0.29) is 11.4 Å². The van der Waals surface area contributed by atoms with Crippen molar-refractivity contribution in [1.29, 1.82) is 0 Å². The van der Waals surface area contributed by atoms with Crippen molar-refractivity contribution in [2.75, 3.05) is 9.80 Å². The number of hydrogen-bond acceptors (Lipinski definition) is 9. The first-order valence-corrected chi connectivity index (χ1v) is 16.7. The minimum absolute atomic E-state index is 0.277. The van der Waals surface area contributed by atoms with Gasteiger partial charge in [-0.05, 0) is 144 Å². The Labute approximate surface area is 309 Å². The van der Waals surface area contributed by atoms with Crippen LogP contribution in [-0.4, -0.2) is 58.7 Å². The van der Waals surface area contributed by atoms with E-state index >= 15 is 0 Å². The monoisotopic (exact) mass is 734 g/mol. The van der Waals surface area contributed by atoms with Crippen LogP contribution >= 0.6 is 0 Å². The molecule has 0 aliphatic rings. The molecule has 0 atom stereocenters. The minimum Gasteiger partial charge on any atom is -0.456 e. The summed E-state index contributed by atoms with van der Waals surface area (Å²) in [6, 6.07) is 16.7. The van der Waals surface area contributed by atoms with E-state index in [9.17, 15) is 19.2 Å². The predicted molar refractivity (Wildman–Crippen MR) is 203 cm³/mol. The van der Waals surface area contributed by atoms with E-state index in [1.165, 1.54) is 0 Å². The maximum atomic E-state index is 13.2. The lowest BCUT2D eigenvalue weighted by molar-refractivity contribution is 0.0577. The Morgan fingerprint density at radius 1 is 0.491 bits per heavy atom. The highest BCUT2D eigenvalue weighted by molar-refractivity contribution is 6.16. The molecule has 0 aliphatic carbocycles. The number of furan rings is 1. The SMILES string of the molecule is CC(C)(C)OC(=O)N=C(N)N(C(=O)OC(C)(C)C)c1ccc(-c2ccc(-c3ccc(N(C(=O)OC(C)(C)C)C(N)=NC(=O)OC(C)(C)C)cc3)o2)cc1. The van der Waals surface area contributed by atoms with Gasteiger partial charge in [0.05, 0.1) is 11.4 Å². The number of carbonyl (C=O) groups is 4. The summed E-state index contributed by atoms with van der Waals surface area (Å²) in [4.78, 5) is 60.6. The molecule has 15 nitrogen and oxygen atoms in total. The summed E-state index contributed by atoms with van der Waals surface area (Å²) in [5.41, 5.74) is 10.8. The number of nitrogens with two attached hydrogens (primary N) is 2. The molecule has 286 valence electrons. The molecule has 1 heterocycles. The summed E-state index contributed by atoms with van der Waals surface area (Å²) in [6.45, 7) is 20.3. The van der Waals surface area contributed by atoms with Gasteiger partial charge in [0.25, 0.3) is 0 Å². The zero-order chi connectivity index (χ0) is 40.1. The van der Waals surface area contributed by atoms with Crippen LogP contribution in [0.25, 0.3) is 22.6 Å². The molecule has 0 radical (unpaired) electrons. The van der Waals surface area contributed by atoms with Crippen LogP contribution in [0.15, 0.2) is 75.1 Å². The van der Waals surface area contributed by atoms with E-state index in [2.05, 4.69) is 9.98 Å². The Kier molecular flexibility index (Phi) is 12.4. The Morgan fingerprint density at radius 2 is 0.774 bits per heavy atom. The number of rotatable bonds is 4. The summed E-state index contributed by atoms with van der Waals surface area (Å²) < 4.78 is 27.6. The third-order valence-electron chi connectivity index (χ3n) is 6.24. The van der Waals surface area contributed by atoms with E-state index in [1.54, 1.807) is 144 Å². The molecule has 0 fully saturated rings. The molecule has 3 aromatic rings. The van der Waals surface area contributed by atoms with Crippen LogP contribution in [0, 0.1) is 0 Å². The Balaban J connectivity index is 1.91. The Morgan fingerprint density at radius 3 is 1.04 bits per heavy atom. The van der Waals surface area contributed by atoms with Gasteiger partial charge in [-0.25, -0.2) is 29.0 Å². The average Bonchev–Trinajstić information content (AvgIpc) is 3.44. The van der Waals surface area contributed by atoms with Crippen LogP contribution < -0.4 is 21.3 Å². The smallest absolute Gasteiger partial charge is 0.437 e. The lowest BCUT2D eigenvalue weighted by atomic mass is 10.1. The van der Waals surface area contributed by atoms with Gasteiger partial charge in [-0.15, -0.1) is 9.98 Å². The van der Waals surface area contributed by atoms with E-state index in [4.69, 9.17) is 34.8 Å². The summed E-state index contributed by atoms with van der Waals surface area (Å²) >= 11 is 0. The maximum Gasteiger partial charge on any atom is 0.437 e. The number of benzene rings is 2. The molecule has 2 aromatic carbocycles. The number of hydrogen-bond donors (Lipinski definition) is 2. The number of ether oxygens (including phenoxy) is 4. The third-order valence-corrected chi connectivity index (χ3v) is 6.24. The normalized spacial score (nSPS) is 12.8. The quantitative estimate of drug-likeness (QED) is 0.148. The van der Waals surface area contributed by atoms with Crippen molar-refractivity contribution in [2.24, 2.45) is 21.5 Å². The van der Waals surface area contributed by atoms with Crippen LogP contribution in [-0.2, 0) is 18.9 Å². The van der Waals surface area contributed by atoms with Gasteiger partial charge in [0, 0.05) is 11.1 Å². The number of aliphatic imine (C=N–C) groups is 2. The molecule has 0 saturated heterocycles. The molecule has 1 aromatic heterocycles. The fraction of sp³-hybridized carbons (Fsp3) is 0.421. The van der Waals surface area contributed by atoms with Gasteiger partial charge in [0.1, 0.15) is 33.9 Å². The average molecular weight is 735 g/mol. The number of amides is 4. The van der Waals surface area contributed by atoms with Gasteiger partial charge in [-0.1, -0.05) is 0 Å². The van der Waals surface area contributed by atoms with Crippen LogP contribution in [0.4, 0.5) is 30.6 Å². The molecule has 53 heavy (non-hydrogen) atoms. The van der Waals surface area contributed by atoms with E-state index in [0.717, 1.165) is 9.80 Å². The van der Waals surface area contributed by atoms with Gasteiger partial charge in [-0.2, -0.15) is 0 Å². The number of guanidine groups is 2. The lowest BCUT2D eigenvalue weighted by Gasteiger charge is -2.27. The zero-order valence-electron chi connectivity index (χ0n) is 32.4. The highest BCUT2D eigenvalue weighted by atomic mass is 16.6. The Bertz CT molecular complexity index is 1720. The number of nitrogens with zero attached hydrogens (tertiary/aromatic N) is 4. The topological polar surface area (TPSA) is 202 Å². The van der Waals surface area contributed by atoms with Crippen molar-refractivity contribution in [2.45, 2.75) is 105 Å². The van der Waals surface area contributed by atoms with E-state index < -0.39 is 58.7 Å². The molecule has 4 N–H and O–H groups in total.